The zero-order valence-corrected chi connectivity index (χ0v) is 22.6. The van der Waals surface area contributed by atoms with E-state index in [0.717, 1.165) is 30.0 Å². The first-order valence-electron chi connectivity index (χ1n) is 12.5. The quantitative estimate of drug-likeness (QED) is 0.391. The lowest BCUT2D eigenvalue weighted by atomic mass is 10.1. The van der Waals surface area contributed by atoms with Crippen LogP contribution in [0.4, 0.5) is 27.8 Å². The summed E-state index contributed by atoms with van der Waals surface area (Å²) in [5, 5.41) is 15.0. The molecule has 0 radical (unpaired) electrons. The maximum atomic E-state index is 14.3. The number of likely N-dealkylation sites (tertiary alicyclic amines) is 1. The molecule has 2 fully saturated rings. The largest absolute Gasteiger partial charge is 0.417 e. The van der Waals surface area contributed by atoms with E-state index in [4.69, 9.17) is 0 Å². The molecular weight excluding hydrogens is 545 g/mol. The summed E-state index contributed by atoms with van der Waals surface area (Å²) < 4.78 is 70.9. The lowest BCUT2D eigenvalue weighted by Gasteiger charge is -2.21. The van der Waals surface area contributed by atoms with Crippen LogP contribution in [0.15, 0.2) is 12.3 Å². The number of pyridine rings is 1. The molecule has 214 valence electrons. The molecular formula is C25H30F5N5O3S. The number of alkyl halides is 5. The van der Waals surface area contributed by atoms with Gasteiger partial charge in [0.25, 0.3) is 17.7 Å². The molecule has 2 aromatic heterocycles. The molecule has 1 unspecified atom stereocenters. The SMILES string of the molecule is CC1CC(F)(F)CN1C(=O)c1nc(C(=O)NCC(C)(C)O)sc1-c1cnc(N[C@@H](C)C2CC2)cc1C(F)(F)F. The summed E-state index contributed by atoms with van der Waals surface area (Å²) in [6.45, 7) is 5.01. The number of halogens is 5. The van der Waals surface area contributed by atoms with E-state index < -0.39 is 65.3 Å². The standard InChI is InChI=1S/C25H30F5N5O3S/c1-12-8-24(26,27)11-35(12)22(37)18-19(39-21(34-18)20(36)32-10-23(3,4)38)15-9-31-17(7-16(15)25(28,29)30)33-13(2)14-5-6-14/h7,9,12-14,38H,5-6,8,10-11H2,1-4H3,(H,31,33)(H,32,36)/t12?,13-/m0/s1. The third-order valence-electron chi connectivity index (χ3n) is 6.65. The second kappa shape index (κ2) is 10.3. The molecule has 3 N–H and O–H groups in total. The molecule has 3 heterocycles. The number of aromatic nitrogens is 2. The second-order valence-corrected chi connectivity index (χ2v) is 11.9. The van der Waals surface area contributed by atoms with Crippen LogP contribution in [-0.4, -0.2) is 68.5 Å². The van der Waals surface area contributed by atoms with Crippen LogP contribution >= 0.6 is 11.3 Å². The van der Waals surface area contributed by atoms with Crippen molar-refractivity contribution in [3.63, 3.8) is 0 Å². The lowest BCUT2D eigenvalue weighted by Crippen LogP contribution is -2.38. The Morgan fingerprint density at radius 3 is 2.49 bits per heavy atom. The van der Waals surface area contributed by atoms with Crippen molar-refractivity contribution in [2.45, 2.75) is 76.7 Å². The van der Waals surface area contributed by atoms with Gasteiger partial charge in [0.05, 0.1) is 22.6 Å². The second-order valence-electron chi connectivity index (χ2n) is 10.9. The molecule has 2 atom stereocenters. The number of thiazole rings is 1. The van der Waals surface area contributed by atoms with Crippen molar-refractivity contribution in [3.05, 3.63) is 28.5 Å². The summed E-state index contributed by atoms with van der Waals surface area (Å²) in [7, 11) is 0. The number of nitrogens with one attached hydrogen (secondary N) is 2. The highest BCUT2D eigenvalue weighted by Gasteiger charge is 2.46. The van der Waals surface area contributed by atoms with Gasteiger partial charge in [0.1, 0.15) is 11.5 Å². The van der Waals surface area contributed by atoms with Crippen LogP contribution in [0.25, 0.3) is 10.4 Å². The topological polar surface area (TPSA) is 107 Å². The van der Waals surface area contributed by atoms with E-state index >= 15 is 0 Å². The molecule has 2 aromatic rings. The van der Waals surface area contributed by atoms with Gasteiger partial charge in [-0.3, -0.25) is 9.59 Å². The van der Waals surface area contributed by atoms with Crippen LogP contribution in [0.1, 0.15) is 72.8 Å². The highest BCUT2D eigenvalue weighted by molar-refractivity contribution is 7.17. The molecule has 1 aliphatic carbocycles. The molecule has 1 saturated heterocycles. The Bertz CT molecular complexity index is 1260. The van der Waals surface area contributed by atoms with Crippen molar-refractivity contribution in [3.8, 4) is 10.4 Å². The van der Waals surface area contributed by atoms with Gasteiger partial charge in [-0.05, 0) is 52.5 Å². The predicted octanol–water partition coefficient (Wildman–Crippen LogP) is 4.80. The van der Waals surface area contributed by atoms with Gasteiger partial charge in [0.15, 0.2) is 5.01 Å². The fourth-order valence-electron chi connectivity index (χ4n) is 4.43. The Hall–Kier alpha value is -2.87. The third-order valence-corrected chi connectivity index (χ3v) is 7.74. The Labute approximate surface area is 226 Å². The Kier molecular flexibility index (Phi) is 7.67. The third kappa shape index (κ3) is 6.83. The van der Waals surface area contributed by atoms with Gasteiger partial charge >= 0.3 is 6.18 Å². The normalized spacial score (nSPS) is 20.2. The van der Waals surface area contributed by atoms with Crippen molar-refractivity contribution in [2.75, 3.05) is 18.4 Å². The molecule has 4 rings (SSSR count). The van der Waals surface area contributed by atoms with Crippen molar-refractivity contribution in [1.82, 2.24) is 20.2 Å². The molecule has 0 bridgehead atoms. The minimum Gasteiger partial charge on any atom is -0.389 e. The van der Waals surface area contributed by atoms with Crippen molar-refractivity contribution < 1.29 is 36.6 Å². The molecule has 8 nitrogen and oxygen atoms in total. The summed E-state index contributed by atoms with van der Waals surface area (Å²) in [5.74, 6) is -4.66. The first kappa shape index (κ1) is 29.1. The summed E-state index contributed by atoms with van der Waals surface area (Å²) >= 11 is 0.524. The lowest BCUT2D eigenvalue weighted by molar-refractivity contribution is -0.137. The van der Waals surface area contributed by atoms with Crippen molar-refractivity contribution in [1.29, 1.82) is 0 Å². The van der Waals surface area contributed by atoms with Gasteiger partial charge in [0, 0.05) is 36.8 Å². The van der Waals surface area contributed by atoms with E-state index in [-0.39, 0.29) is 28.3 Å². The number of carbonyl (C=O) groups excluding carboxylic acids is 2. The smallest absolute Gasteiger partial charge is 0.389 e. The molecule has 14 heteroatoms. The van der Waals surface area contributed by atoms with Gasteiger partial charge < -0.3 is 20.6 Å². The number of rotatable bonds is 8. The number of carbonyl (C=O) groups is 2. The maximum absolute atomic E-state index is 14.3. The number of nitrogens with zero attached hydrogens (tertiary/aromatic N) is 3. The molecule has 2 amide bonds. The van der Waals surface area contributed by atoms with Gasteiger partial charge in [-0.1, -0.05) is 0 Å². The molecule has 1 saturated carbocycles. The van der Waals surface area contributed by atoms with E-state index in [1.54, 1.807) is 0 Å². The molecule has 39 heavy (non-hydrogen) atoms. The number of aliphatic hydroxyl groups is 1. The van der Waals surface area contributed by atoms with Crippen LogP contribution in [0.5, 0.6) is 0 Å². The van der Waals surface area contributed by atoms with Crippen LogP contribution in [0.3, 0.4) is 0 Å². The van der Waals surface area contributed by atoms with E-state index in [9.17, 15) is 36.6 Å². The van der Waals surface area contributed by atoms with Crippen LogP contribution in [-0.2, 0) is 6.18 Å². The summed E-state index contributed by atoms with van der Waals surface area (Å²) in [5.41, 5.74) is -3.44. The first-order chi connectivity index (χ1) is 17.9. The number of hydrogen-bond acceptors (Lipinski definition) is 7. The average Bonchev–Trinajstić information content (AvgIpc) is 3.51. The average molecular weight is 576 g/mol. The van der Waals surface area contributed by atoms with Crippen LogP contribution in [0, 0.1) is 5.92 Å². The summed E-state index contributed by atoms with van der Waals surface area (Å²) in [4.78, 5) is 34.8. The van der Waals surface area contributed by atoms with Gasteiger partial charge in [-0.15, -0.1) is 11.3 Å². The van der Waals surface area contributed by atoms with Gasteiger partial charge in [-0.2, -0.15) is 13.2 Å². The maximum Gasteiger partial charge on any atom is 0.417 e. The van der Waals surface area contributed by atoms with E-state index in [1.807, 2.05) is 6.92 Å². The zero-order valence-electron chi connectivity index (χ0n) is 21.8. The monoisotopic (exact) mass is 575 g/mol. The minimum atomic E-state index is -4.86. The highest BCUT2D eigenvalue weighted by Crippen LogP contribution is 2.43. The number of amides is 2. The Morgan fingerprint density at radius 2 is 1.95 bits per heavy atom. The van der Waals surface area contributed by atoms with E-state index in [0.29, 0.717) is 17.3 Å². The highest BCUT2D eigenvalue weighted by atomic mass is 32.1. The van der Waals surface area contributed by atoms with Crippen molar-refractivity contribution >= 4 is 29.0 Å². The Morgan fingerprint density at radius 1 is 1.28 bits per heavy atom. The molecule has 2 aliphatic rings. The van der Waals surface area contributed by atoms with E-state index in [1.165, 1.54) is 20.8 Å². The van der Waals surface area contributed by atoms with Crippen molar-refractivity contribution in [2.24, 2.45) is 5.92 Å². The minimum absolute atomic E-state index is 0.00109. The fourth-order valence-corrected chi connectivity index (χ4v) is 5.43. The van der Waals surface area contributed by atoms with Gasteiger partial charge in [-0.25, -0.2) is 18.7 Å². The molecule has 0 aromatic carbocycles. The Balaban J connectivity index is 1.78. The zero-order chi connectivity index (χ0) is 28.9. The summed E-state index contributed by atoms with van der Waals surface area (Å²) in [6.07, 6.45) is -2.57. The molecule has 1 aliphatic heterocycles. The number of hydrogen-bond donors (Lipinski definition) is 3. The van der Waals surface area contributed by atoms with Crippen LogP contribution < -0.4 is 10.6 Å². The molecule has 0 spiro atoms. The fraction of sp³-hybridized carbons (Fsp3) is 0.600. The van der Waals surface area contributed by atoms with Crippen LogP contribution in [0.2, 0.25) is 0 Å². The van der Waals surface area contributed by atoms with Gasteiger partial charge in [0.2, 0.25) is 0 Å². The van der Waals surface area contributed by atoms with E-state index in [2.05, 4.69) is 20.6 Å². The predicted molar refractivity (Wildman–Crippen MR) is 135 cm³/mol. The number of anilines is 1. The summed E-state index contributed by atoms with van der Waals surface area (Å²) in [6, 6.07) is -0.150. The first-order valence-corrected chi connectivity index (χ1v) is 13.3.